The van der Waals surface area contributed by atoms with E-state index in [4.69, 9.17) is 13.9 Å². The van der Waals surface area contributed by atoms with Gasteiger partial charge in [-0.1, -0.05) is 6.07 Å². The van der Waals surface area contributed by atoms with Gasteiger partial charge in [0.2, 0.25) is 0 Å². The molecule has 1 N–H and O–H groups in total. The summed E-state index contributed by atoms with van der Waals surface area (Å²) in [4.78, 5) is 4.68. The van der Waals surface area contributed by atoms with Gasteiger partial charge in [0.05, 0.1) is 26.2 Å². The van der Waals surface area contributed by atoms with Crippen molar-refractivity contribution < 1.29 is 13.9 Å². The number of fused-ring (bicyclic) bond motifs is 1. The summed E-state index contributed by atoms with van der Waals surface area (Å²) in [6.07, 6.45) is 1.71. The van der Waals surface area contributed by atoms with E-state index in [-0.39, 0.29) is 0 Å². The van der Waals surface area contributed by atoms with E-state index < -0.39 is 0 Å². The van der Waals surface area contributed by atoms with Crippen molar-refractivity contribution in [1.29, 1.82) is 0 Å². The van der Waals surface area contributed by atoms with E-state index in [0.29, 0.717) is 6.54 Å². The predicted octanol–water partition coefficient (Wildman–Crippen LogP) is 5.19. The molecule has 2 heterocycles. The summed E-state index contributed by atoms with van der Waals surface area (Å²) >= 11 is 1.57. The van der Waals surface area contributed by atoms with Crippen molar-refractivity contribution >= 4 is 27.4 Å². The van der Waals surface area contributed by atoms with Crippen molar-refractivity contribution in [3.8, 4) is 22.8 Å². The summed E-state index contributed by atoms with van der Waals surface area (Å²) in [6.45, 7) is 0.702. The van der Waals surface area contributed by atoms with E-state index in [9.17, 15) is 0 Å². The fourth-order valence-corrected chi connectivity index (χ4v) is 3.50. The largest absolute Gasteiger partial charge is 0.497 e. The molecule has 0 atom stereocenters. The minimum Gasteiger partial charge on any atom is -0.497 e. The maximum atomic E-state index is 5.47. The normalized spacial score (nSPS) is 10.8. The van der Waals surface area contributed by atoms with Crippen LogP contribution in [0.4, 0.5) is 5.13 Å². The molecular weight excluding hydrogens is 348 g/mol. The Morgan fingerprint density at radius 1 is 1.08 bits per heavy atom. The third-order valence-electron chi connectivity index (χ3n) is 4.15. The summed E-state index contributed by atoms with van der Waals surface area (Å²) < 4.78 is 16.1. The van der Waals surface area contributed by atoms with Crippen LogP contribution in [0.5, 0.6) is 11.5 Å². The van der Waals surface area contributed by atoms with Gasteiger partial charge in [-0.15, -0.1) is 11.3 Å². The van der Waals surface area contributed by atoms with Crippen LogP contribution in [-0.4, -0.2) is 19.2 Å². The third kappa shape index (κ3) is 3.23. The first-order valence-electron chi connectivity index (χ1n) is 8.15. The molecular formula is C20H18N2O3S. The molecule has 0 bridgehead atoms. The van der Waals surface area contributed by atoms with Gasteiger partial charge in [-0.05, 0) is 35.9 Å². The first kappa shape index (κ1) is 16.5. The van der Waals surface area contributed by atoms with E-state index in [1.165, 1.54) is 5.56 Å². The van der Waals surface area contributed by atoms with Crippen molar-refractivity contribution in [3.05, 3.63) is 59.7 Å². The van der Waals surface area contributed by atoms with E-state index in [1.54, 1.807) is 31.8 Å². The molecule has 4 aromatic rings. The molecule has 0 unspecified atom stereocenters. The van der Waals surface area contributed by atoms with Crippen molar-refractivity contribution in [2.75, 3.05) is 19.5 Å². The third-order valence-corrected chi connectivity index (χ3v) is 4.95. The quantitative estimate of drug-likeness (QED) is 0.509. The molecule has 26 heavy (non-hydrogen) atoms. The Morgan fingerprint density at radius 3 is 2.85 bits per heavy atom. The molecule has 2 aromatic heterocycles. The van der Waals surface area contributed by atoms with Crippen LogP contribution in [0.1, 0.15) is 5.56 Å². The molecule has 0 aliphatic carbocycles. The van der Waals surface area contributed by atoms with E-state index in [1.807, 2.05) is 35.7 Å². The highest BCUT2D eigenvalue weighted by molar-refractivity contribution is 7.14. The van der Waals surface area contributed by atoms with Crippen molar-refractivity contribution in [2.24, 2.45) is 0 Å². The Balaban J connectivity index is 1.51. The number of ether oxygens (including phenoxy) is 2. The van der Waals surface area contributed by atoms with Gasteiger partial charge < -0.3 is 19.2 Å². The van der Waals surface area contributed by atoms with Crippen LogP contribution in [-0.2, 0) is 6.54 Å². The van der Waals surface area contributed by atoms with Gasteiger partial charge in [0, 0.05) is 28.9 Å². The van der Waals surface area contributed by atoms with Gasteiger partial charge >= 0.3 is 0 Å². The van der Waals surface area contributed by atoms with Crippen LogP contribution < -0.4 is 14.8 Å². The van der Waals surface area contributed by atoms with E-state index in [2.05, 4.69) is 22.4 Å². The second-order valence-electron chi connectivity index (χ2n) is 5.75. The zero-order valence-electron chi connectivity index (χ0n) is 14.5. The Hall–Kier alpha value is -2.99. The zero-order chi connectivity index (χ0) is 17.9. The lowest BCUT2D eigenvalue weighted by Crippen LogP contribution is -1.98. The molecule has 0 amide bonds. The van der Waals surface area contributed by atoms with E-state index in [0.717, 1.165) is 38.9 Å². The number of nitrogens with one attached hydrogen (secondary N) is 1. The van der Waals surface area contributed by atoms with Gasteiger partial charge in [0.15, 0.2) is 5.13 Å². The SMILES string of the molecule is COc1ccc(-c2csc(NCc3ccc4occc4c3)n2)c(OC)c1. The van der Waals surface area contributed by atoms with Crippen LogP contribution in [0.25, 0.3) is 22.2 Å². The van der Waals surface area contributed by atoms with Crippen molar-refractivity contribution in [3.63, 3.8) is 0 Å². The molecule has 0 saturated heterocycles. The highest BCUT2D eigenvalue weighted by Gasteiger charge is 2.11. The molecule has 0 fully saturated rings. The number of furan rings is 1. The summed E-state index contributed by atoms with van der Waals surface area (Å²) in [5.41, 5.74) is 3.90. The molecule has 0 saturated carbocycles. The second kappa shape index (κ2) is 7.09. The topological polar surface area (TPSA) is 56.5 Å². The highest BCUT2D eigenvalue weighted by atomic mass is 32.1. The average molecular weight is 366 g/mol. The monoisotopic (exact) mass is 366 g/mol. The summed E-state index contributed by atoms with van der Waals surface area (Å²) in [6, 6.07) is 13.9. The summed E-state index contributed by atoms with van der Waals surface area (Å²) in [5.74, 6) is 1.50. The molecule has 0 aliphatic rings. The minimum atomic E-state index is 0.702. The first-order valence-corrected chi connectivity index (χ1v) is 9.03. The lowest BCUT2D eigenvalue weighted by Gasteiger charge is -2.08. The first-order chi connectivity index (χ1) is 12.8. The fraction of sp³-hybridized carbons (Fsp3) is 0.150. The van der Waals surface area contributed by atoms with Crippen LogP contribution >= 0.6 is 11.3 Å². The molecule has 5 nitrogen and oxygen atoms in total. The Labute approximate surface area is 155 Å². The van der Waals surface area contributed by atoms with Crippen LogP contribution in [0.2, 0.25) is 0 Å². The zero-order valence-corrected chi connectivity index (χ0v) is 15.3. The Kier molecular flexibility index (Phi) is 4.50. The molecule has 2 aromatic carbocycles. The number of hydrogen-bond donors (Lipinski definition) is 1. The molecule has 0 spiro atoms. The minimum absolute atomic E-state index is 0.702. The lowest BCUT2D eigenvalue weighted by molar-refractivity contribution is 0.395. The van der Waals surface area contributed by atoms with Gasteiger partial charge in [-0.3, -0.25) is 0 Å². The number of nitrogens with zero attached hydrogens (tertiary/aromatic N) is 1. The van der Waals surface area contributed by atoms with Crippen molar-refractivity contribution in [1.82, 2.24) is 4.98 Å². The van der Waals surface area contributed by atoms with Gasteiger partial charge in [-0.2, -0.15) is 0 Å². The molecule has 4 rings (SSSR count). The second-order valence-corrected chi connectivity index (χ2v) is 6.61. The van der Waals surface area contributed by atoms with E-state index >= 15 is 0 Å². The van der Waals surface area contributed by atoms with Gasteiger partial charge in [0.1, 0.15) is 17.1 Å². The lowest BCUT2D eigenvalue weighted by atomic mass is 10.1. The summed E-state index contributed by atoms with van der Waals surface area (Å²) in [5, 5.41) is 7.37. The molecule has 0 aliphatic heterocycles. The Bertz CT molecular complexity index is 1040. The number of benzene rings is 2. The van der Waals surface area contributed by atoms with Crippen LogP contribution in [0.3, 0.4) is 0 Å². The number of hydrogen-bond acceptors (Lipinski definition) is 6. The fourth-order valence-electron chi connectivity index (χ4n) is 2.79. The molecule has 132 valence electrons. The number of methoxy groups -OCH3 is 2. The molecule has 6 heteroatoms. The number of aromatic nitrogens is 1. The maximum absolute atomic E-state index is 5.47. The van der Waals surface area contributed by atoms with Crippen molar-refractivity contribution in [2.45, 2.75) is 6.54 Å². The standard InChI is InChI=1S/C20H18N2O3S/c1-23-15-4-5-16(19(10-15)24-2)17-12-26-20(22-17)21-11-13-3-6-18-14(9-13)7-8-25-18/h3-10,12H,11H2,1-2H3,(H,21,22). The van der Waals surface area contributed by atoms with Crippen LogP contribution in [0, 0.1) is 0 Å². The summed E-state index contributed by atoms with van der Waals surface area (Å²) in [7, 11) is 3.29. The van der Waals surface area contributed by atoms with Gasteiger partial charge in [0.25, 0.3) is 0 Å². The number of thiazole rings is 1. The number of rotatable bonds is 6. The number of anilines is 1. The van der Waals surface area contributed by atoms with Crippen LogP contribution in [0.15, 0.2) is 58.5 Å². The molecule has 0 radical (unpaired) electrons. The smallest absolute Gasteiger partial charge is 0.183 e. The van der Waals surface area contributed by atoms with Gasteiger partial charge in [-0.25, -0.2) is 4.98 Å². The Morgan fingerprint density at radius 2 is 2.00 bits per heavy atom. The highest BCUT2D eigenvalue weighted by Crippen LogP contribution is 2.35. The predicted molar refractivity (Wildman–Crippen MR) is 104 cm³/mol. The average Bonchev–Trinajstić information content (AvgIpc) is 3.34. The maximum Gasteiger partial charge on any atom is 0.183 e.